The van der Waals surface area contributed by atoms with Crippen molar-refractivity contribution in [2.45, 2.75) is 0 Å². The van der Waals surface area contributed by atoms with Crippen LogP contribution >= 0.6 is 11.3 Å². The molecule has 0 unspecified atom stereocenters. The van der Waals surface area contributed by atoms with Gasteiger partial charge in [-0.25, -0.2) is 9.97 Å². The summed E-state index contributed by atoms with van der Waals surface area (Å²) in [6, 6.07) is 3.48. The molecule has 0 saturated heterocycles. The van der Waals surface area contributed by atoms with Crippen molar-refractivity contribution < 1.29 is 4.79 Å². The summed E-state index contributed by atoms with van der Waals surface area (Å²) in [5.74, 6) is 0.443. The third-order valence-electron chi connectivity index (χ3n) is 2.11. The van der Waals surface area contributed by atoms with Gasteiger partial charge in [0.15, 0.2) is 5.13 Å². The van der Waals surface area contributed by atoms with E-state index in [2.05, 4.69) is 15.3 Å². The first-order valence-corrected chi connectivity index (χ1v) is 5.89. The zero-order chi connectivity index (χ0) is 12.3. The molecule has 2 aromatic rings. The Labute approximate surface area is 103 Å². The summed E-state index contributed by atoms with van der Waals surface area (Å²) >= 11 is 1.38. The van der Waals surface area contributed by atoms with Crippen LogP contribution in [0, 0.1) is 0 Å². The lowest BCUT2D eigenvalue weighted by Crippen LogP contribution is -2.19. The van der Waals surface area contributed by atoms with Gasteiger partial charge in [0.1, 0.15) is 5.82 Å². The number of aromatic nitrogens is 2. The fraction of sp³-hybridized carbons (Fsp3) is 0.182. The summed E-state index contributed by atoms with van der Waals surface area (Å²) in [6.45, 7) is 0. The van der Waals surface area contributed by atoms with Gasteiger partial charge in [-0.05, 0) is 12.1 Å². The Morgan fingerprint density at radius 3 is 2.82 bits per heavy atom. The van der Waals surface area contributed by atoms with Crippen LogP contribution in [0.1, 0.15) is 10.4 Å². The Morgan fingerprint density at radius 1 is 1.35 bits per heavy atom. The highest BCUT2D eigenvalue weighted by molar-refractivity contribution is 7.13. The lowest BCUT2D eigenvalue weighted by molar-refractivity contribution is 0.102. The largest absolute Gasteiger partial charge is 0.362 e. The molecule has 2 heterocycles. The number of nitrogens with one attached hydrogen (secondary N) is 1. The van der Waals surface area contributed by atoms with Crippen molar-refractivity contribution in [3.05, 3.63) is 35.5 Å². The van der Waals surface area contributed by atoms with Gasteiger partial charge < -0.3 is 4.90 Å². The van der Waals surface area contributed by atoms with Crippen molar-refractivity contribution in [3.8, 4) is 0 Å². The zero-order valence-electron chi connectivity index (χ0n) is 9.54. The van der Waals surface area contributed by atoms with Crippen molar-refractivity contribution in [2.24, 2.45) is 0 Å². The van der Waals surface area contributed by atoms with Crippen LogP contribution in [0.2, 0.25) is 0 Å². The molecular formula is C11H12N4OS. The molecule has 0 aliphatic rings. The van der Waals surface area contributed by atoms with Crippen molar-refractivity contribution in [2.75, 3.05) is 24.3 Å². The fourth-order valence-electron chi connectivity index (χ4n) is 1.38. The predicted octanol–water partition coefficient (Wildman–Crippen LogP) is 1.86. The first-order valence-electron chi connectivity index (χ1n) is 5.01. The number of pyridine rings is 1. The van der Waals surface area contributed by atoms with E-state index in [-0.39, 0.29) is 5.91 Å². The van der Waals surface area contributed by atoms with Crippen LogP contribution in [0.5, 0.6) is 0 Å². The minimum Gasteiger partial charge on any atom is -0.362 e. The van der Waals surface area contributed by atoms with E-state index in [4.69, 9.17) is 0 Å². The molecule has 0 aliphatic heterocycles. The van der Waals surface area contributed by atoms with Gasteiger partial charge in [-0.2, -0.15) is 0 Å². The SMILES string of the molecule is CN(C)c1ncccc1C(=O)Nc1nccs1. The van der Waals surface area contributed by atoms with E-state index in [1.165, 1.54) is 11.3 Å². The Morgan fingerprint density at radius 2 is 2.18 bits per heavy atom. The first-order chi connectivity index (χ1) is 8.18. The maximum absolute atomic E-state index is 12.0. The van der Waals surface area contributed by atoms with E-state index in [9.17, 15) is 4.79 Å². The second-order valence-electron chi connectivity index (χ2n) is 3.56. The molecule has 88 valence electrons. The van der Waals surface area contributed by atoms with Crippen LogP contribution in [0.4, 0.5) is 10.9 Å². The fourth-order valence-corrected chi connectivity index (χ4v) is 1.90. The highest BCUT2D eigenvalue weighted by atomic mass is 32.1. The monoisotopic (exact) mass is 248 g/mol. The van der Waals surface area contributed by atoms with Gasteiger partial charge in [-0.15, -0.1) is 11.3 Å². The number of amides is 1. The summed E-state index contributed by atoms with van der Waals surface area (Å²) in [4.78, 5) is 22.0. The molecule has 0 aromatic carbocycles. The molecule has 0 radical (unpaired) electrons. The molecule has 0 saturated carbocycles. The summed E-state index contributed by atoms with van der Waals surface area (Å²) in [6.07, 6.45) is 3.31. The van der Waals surface area contributed by atoms with Gasteiger partial charge >= 0.3 is 0 Å². The summed E-state index contributed by atoms with van der Waals surface area (Å²) in [7, 11) is 3.70. The normalized spacial score (nSPS) is 10.0. The minimum atomic E-state index is -0.197. The molecule has 1 N–H and O–H groups in total. The van der Waals surface area contributed by atoms with Gasteiger partial charge in [-0.1, -0.05) is 0 Å². The Hall–Kier alpha value is -1.95. The third kappa shape index (κ3) is 2.59. The van der Waals surface area contributed by atoms with Crippen molar-refractivity contribution in [3.63, 3.8) is 0 Å². The molecular weight excluding hydrogens is 236 g/mol. The molecule has 0 aliphatic carbocycles. The number of nitrogens with zero attached hydrogens (tertiary/aromatic N) is 3. The smallest absolute Gasteiger partial charge is 0.261 e. The topological polar surface area (TPSA) is 58.1 Å². The number of carbonyl (C=O) groups excluding carboxylic acids is 1. The van der Waals surface area contributed by atoms with Gasteiger partial charge in [0.25, 0.3) is 5.91 Å². The highest BCUT2D eigenvalue weighted by Crippen LogP contribution is 2.17. The van der Waals surface area contributed by atoms with E-state index < -0.39 is 0 Å². The van der Waals surface area contributed by atoms with Crippen molar-refractivity contribution in [1.29, 1.82) is 0 Å². The molecule has 0 bridgehead atoms. The molecule has 2 rings (SSSR count). The van der Waals surface area contributed by atoms with Gasteiger partial charge in [0.05, 0.1) is 5.56 Å². The molecule has 6 heteroatoms. The summed E-state index contributed by atoms with van der Waals surface area (Å²) in [5.41, 5.74) is 0.535. The quantitative estimate of drug-likeness (QED) is 0.900. The van der Waals surface area contributed by atoms with Crippen LogP contribution in [0.15, 0.2) is 29.9 Å². The summed E-state index contributed by atoms with van der Waals surface area (Å²) in [5, 5.41) is 5.13. The third-order valence-corrected chi connectivity index (χ3v) is 2.80. The second kappa shape index (κ2) is 4.92. The van der Waals surface area contributed by atoms with E-state index in [1.807, 2.05) is 19.5 Å². The van der Waals surface area contributed by atoms with E-state index in [0.717, 1.165) is 0 Å². The van der Waals surface area contributed by atoms with E-state index >= 15 is 0 Å². The lowest BCUT2D eigenvalue weighted by atomic mass is 10.2. The summed E-state index contributed by atoms with van der Waals surface area (Å²) < 4.78 is 0. The first kappa shape index (κ1) is 11.5. The maximum atomic E-state index is 12.0. The number of thiazole rings is 1. The Balaban J connectivity index is 2.25. The highest BCUT2D eigenvalue weighted by Gasteiger charge is 2.14. The minimum absolute atomic E-state index is 0.197. The molecule has 5 nitrogen and oxygen atoms in total. The van der Waals surface area contributed by atoms with Crippen LogP contribution < -0.4 is 10.2 Å². The van der Waals surface area contributed by atoms with Gasteiger partial charge in [-0.3, -0.25) is 10.1 Å². The average molecular weight is 248 g/mol. The molecule has 0 fully saturated rings. The van der Waals surface area contributed by atoms with Crippen LogP contribution in [-0.4, -0.2) is 30.0 Å². The molecule has 1 amide bonds. The Kier molecular flexibility index (Phi) is 3.34. The van der Waals surface area contributed by atoms with Crippen LogP contribution in [0.25, 0.3) is 0 Å². The lowest BCUT2D eigenvalue weighted by Gasteiger charge is -2.14. The number of rotatable bonds is 3. The number of hydrogen-bond acceptors (Lipinski definition) is 5. The van der Waals surface area contributed by atoms with Gasteiger partial charge in [0.2, 0.25) is 0 Å². The van der Waals surface area contributed by atoms with E-state index in [1.54, 1.807) is 29.4 Å². The van der Waals surface area contributed by atoms with Gasteiger partial charge in [0, 0.05) is 31.9 Å². The number of carbonyl (C=O) groups is 1. The average Bonchev–Trinajstić information content (AvgIpc) is 2.81. The standard InChI is InChI=1S/C11H12N4OS/c1-15(2)9-8(4-3-5-12-9)10(16)14-11-13-6-7-17-11/h3-7H,1-2H3,(H,13,14,16). The zero-order valence-corrected chi connectivity index (χ0v) is 10.4. The molecule has 17 heavy (non-hydrogen) atoms. The van der Waals surface area contributed by atoms with Crippen LogP contribution in [0.3, 0.4) is 0 Å². The molecule has 0 atom stereocenters. The van der Waals surface area contributed by atoms with Crippen LogP contribution in [-0.2, 0) is 0 Å². The van der Waals surface area contributed by atoms with Crippen molar-refractivity contribution >= 4 is 28.2 Å². The number of anilines is 2. The van der Waals surface area contributed by atoms with Crippen molar-refractivity contribution in [1.82, 2.24) is 9.97 Å². The molecule has 2 aromatic heterocycles. The van der Waals surface area contributed by atoms with E-state index in [0.29, 0.717) is 16.5 Å². The second-order valence-corrected chi connectivity index (χ2v) is 4.45. The maximum Gasteiger partial charge on any atom is 0.261 e. The Bertz CT molecular complexity index is 510. The predicted molar refractivity (Wildman–Crippen MR) is 68.6 cm³/mol. The molecule has 0 spiro atoms. The number of hydrogen-bond donors (Lipinski definition) is 1.